The number of nitrogens with zero attached hydrogens (tertiary/aromatic N) is 3. The van der Waals surface area contributed by atoms with Gasteiger partial charge in [-0.25, -0.2) is 13.8 Å². The summed E-state index contributed by atoms with van der Waals surface area (Å²) in [5, 5.41) is 19.5. The standard InChI is InChI=1S/C23H17F2N3O/c1-23(2,29)19-8-9-28-20(13-27-22(28)21(19)25)15-5-3-4-14(10-15)18-7-6-17(24)11-16(18)12-26/h3-11,13,29H,1-2H3. The van der Waals surface area contributed by atoms with Crippen LogP contribution >= 0.6 is 0 Å². The van der Waals surface area contributed by atoms with Crippen molar-refractivity contribution in [1.29, 1.82) is 5.26 Å². The Hall–Kier alpha value is -3.56. The molecule has 0 aliphatic carbocycles. The molecule has 0 spiro atoms. The molecule has 0 radical (unpaired) electrons. The summed E-state index contributed by atoms with van der Waals surface area (Å²) >= 11 is 0. The molecule has 0 atom stereocenters. The molecule has 0 amide bonds. The highest BCUT2D eigenvalue weighted by atomic mass is 19.1. The van der Waals surface area contributed by atoms with Gasteiger partial charge in [-0.15, -0.1) is 0 Å². The van der Waals surface area contributed by atoms with Crippen molar-refractivity contribution in [1.82, 2.24) is 9.38 Å². The van der Waals surface area contributed by atoms with E-state index in [1.807, 2.05) is 30.3 Å². The average molecular weight is 389 g/mol. The monoisotopic (exact) mass is 389 g/mol. The van der Waals surface area contributed by atoms with Crippen LogP contribution in [0.15, 0.2) is 60.9 Å². The smallest absolute Gasteiger partial charge is 0.174 e. The molecular weight excluding hydrogens is 372 g/mol. The van der Waals surface area contributed by atoms with E-state index in [9.17, 15) is 19.1 Å². The molecular formula is C23H17F2N3O. The minimum Gasteiger partial charge on any atom is -0.386 e. The van der Waals surface area contributed by atoms with Gasteiger partial charge in [0.2, 0.25) is 0 Å². The molecule has 0 fully saturated rings. The van der Waals surface area contributed by atoms with E-state index in [1.165, 1.54) is 32.0 Å². The molecule has 0 aliphatic heterocycles. The van der Waals surface area contributed by atoms with E-state index in [-0.39, 0.29) is 16.8 Å². The molecule has 0 unspecified atom stereocenters. The van der Waals surface area contributed by atoms with E-state index in [2.05, 4.69) is 4.98 Å². The molecule has 0 saturated heterocycles. The van der Waals surface area contributed by atoms with Gasteiger partial charge >= 0.3 is 0 Å². The zero-order valence-electron chi connectivity index (χ0n) is 15.8. The molecule has 2 aromatic heterocycles. The quantitative estimate of drug-likeness (QED) is 0.534. The number of aromatic nitrogens is 2. The second kappa shape index (κ2) is 6.80. The largest absolute Gasteiger partial charge is 0.386 e. The first-order valence-corrected chi connectivity index (χ1v) is 8.98. The predicted octanol–water partition coefficient (Wildman–Crippen LogP) is 5.05. The Morgan fingerprint density at radius 3 is 2.55 bits per heavy atom. The summed E-state index contributed by atoms with van der Waals surface area (Å²) in [5.41, 5.74) is 1.96. The lowest BCUT2D eigenvalue weighted by Crippen LogP contribution is -2.18. The molecule has 4 nitrogen and oxygen atoms in total. The minimum absolute atomic E-state index is 0.115. The Morgan fingerprint density at radius 1 is 1.07 bits per heavy atom. The Balaban J connectivity index is 1.85. The third-order valence-electron chi connectivity index (χ3n) is 4.85. The molecule has 2 aromatic carbocycles. The maximum atomic E-state index is 14.9. The lowest BCUT2D eigenvalue weighted by Gasteiger charge is -2.18. The van der Waals surface area contributed by atoms with Gasteiger partial charge in [0, 0.05) is 17.3 Å². The molecule has 4 aromatic rings. The zero-order valence-corrected chi connectivity index (χ0v) is 15.8. The van der Waals surface area contributed by atoms with Crippen molar-refractivity contribution in [2.45, 2.75) is 19.4 Å². The number of fused-ring (bicyclic) bond motifs is 1. The van der Waals surface area contributed by atoms with Crippen LogP contribution in [0.2, 0.25) is 0 Å². The van der Waals surface area contributed by atoms with Crippen molar-refractivity contribution in [3.05, 3.63) is 83.7 Å². The molecule has 2 heterocycles. The fourth-order valence-electron chi connectivity index (χ4n) is 3.41. The van der Waals surface area contributed by atoms with Crippen molar-refractivity contribution in [3.63, 3.8) is 0 Å². The van der Waals surface area contributed by atoms with Crippen LogP contribution in [0.5, 0.6) is 0 Å². The van der Waals surface area contributed by atoms with Crippen LogP contribution in [0.25, 0.3) is 28.0 Å². The van der Waals surface area contributed by atoms with Crippen molar-refractivity contribution in [2.24, 2.45) is 0 Å². The van der Waals surface area contributed by atoms with E-state index < -0.39 is 17.2 Å². The van der Waals surface area contributed by atoms with Crippen molar-refractivity contribution >= 4 is 5.65 Å². The SMILES string of the molecule is CC(C)(O)c1ccn2c(-c3cccc(-c4ccc(F)cc4C#N)c3)cnc2c1F. The van der Waals surface area contributed by atoms with Gasteiger partial charge in [-0.1, -0.05) is 24.3 Å². The summed E-state index contributed by atoms with van der Waals surface area (Å²) in [6, 6.07) is 15.0. The van der Waals surface area contributed by atoms with Crippen LogP contribution in [-0.2, 0) is 5.60 Å². The maximum Gasteiger partial charge on any atom is 0.174 e. The maximum absolute atomic E-state index is 14.9. The second-order valence-electron chi connectivity index (χ2n) is 7.32. The molecule has 0 aliphatic rings. The molecule has 4 rings (SSSR count). The van der Waals surface area contributed by atoms with E-state index in [4.69, 9.17) is 0 Å². The van der Waals surface area contributed by atoms with Gasteiger partial charge in [0.1, 0.15) is 5.82 Å². The number of hydrogen-bond acceptors (Lipinski definition) is 3. The Bertz CT molecular complexity index is 1280. The van der Waals surface area contributed by atoms with E-state index in [0.29, 0.717) is 11.3 Å². The summed E-state index contributed by atoms with van der Waals surface area (Å²) in [6.07, 6.45) is 3.22. The van der Waals surface area contributed by atoms with Crippen LogP contribution in [0, 0.1) is 23.0 Å². The van der Waals surface area contributed by atoms with Gasteiger partial charge in [0.05, 0.1) is 29.1 Å². The molecule has 0 bridgehead atoms. The van der Waals surface area contributed by atoms with Gasteiger partial charge in [0.25, 0.3) is 0 Å². The number of halogens is 2. The summed E-state index contributed by atoms with van der Waals surface area (Å²) in [5.74, 6) is -1.05. The van der Waals surface area contributed by atoms with Crippen molar-refractivity contribution < 1.29 is 13.9 Å². The molecule has 0 saturated carbocycles. The van der Waals surface area contributed by atoms with Crippen molar-refractivity contribution in [2.75, 3.05) is 0 Å². The fraction of sp³-hybridized carbons (Fsp3) is 0.130. The van der Waals surface area contributed by atoms with Gasteiger partial charge < -0.3 is 5.11 Å². The number of hydrogen-bond donors (Lipinski definition) is 1. The number of pyridine rings is 1. The Kier molecular flexibility index (Phi) is 4.40. The molecule has 29 heavy (non-hydrogen) atoms. The molecule has 1 N–H and O–H groups in total. The summed E-state index contributed by atoms with van der Waals surface area (Å²) in [7, 11) is 0. The number of rotatable bonds is 3. The first-order chi connectivity index (χ1) is 13.8. The third-order valence-corrected chi connectivity index (χ3v) is 4.85. The number of aliphatic hydroxyl groups is 1. The molecule has 6 heteroatoms. The van der Waals surface area contributed by atoms with Crippen molar-refractivity contribution in [3.8, 4) is 28.5 Å². The van der Waals surface area contributed by atoms with Crippen LogP contribution < -0.4 is 0 Å². The zero-order chi connectivity index (χ0) is 20.8. The first-order valence-electron chi connectivity index (χ1n) is 8.98. The Morgan fingerprint density at radius 2 is 1.83 bits per heavy atom. The highest BCUT2D eigenvalue weighted by Crippen LogP contribution is 2.31. The highest BCUT2D eigenvalue weighted by Gasteiger charge is 2.23. The van der Waals surface area contributed by atoms with Gasteiger partial charge in [-0.05, 0) is 49.2 Å². The topological polar surface area (TPSA) is 61.3 Å². The van der Waals surface area contributed by atoms with E-state index in [1.54, 1.807) is 22.9 Å². The summed E-state index contributed by atoms with van der Waals surface area (Å²) in [4.78, 5) is 4.19. The van der Waals surface area contributed by atoms with Gasteiger partial charge in [0.15, 0.2) is 11.5 Å². The van der Waals surface area contributed by atoms with Crippen LogP contribution in [0.4, 0.5) is 8.78 Å². The summed E-state index contributed by atoms with van der Waals surface area (Å²) < 4.78 is 29.9. The van der Waals surface area contributed by atoms with Crippen LogP contribution in [0.1, 0.15) is 25.0 Å². The number of nitriles is 1. The highest BCUT2D eigenvalue weighted by molar-refractivity contribution is 5.76. The van der Waals surface area contributed by atoms with E-state index in [0.717, 1.165) is 11.1 Å². The first kappa shape index (κ1) is 18.8. The third kappa shape index (κ3) is 3.26. The number of imidazole rings is 1. The number of benzene rings is 2. The fourth-order valence-corrected chi connectivity index (χ4v) is 3.41. The van der Waals surface area contributed by atoms with Gasteiger partial charge in [-0.2, -0.15) is 5.26 Å². The molecule has 144 valence electrons. The lowest BCUT2D eigenvalue weighted by molar-refractivity contribution is 0.0746. The normalized spacial score (nSPS) is 11.6. The lowest BCUT2D eigenvalue weighted by atomic mass is 9.97. The van der Waals surface area contributed by atoms with Gasteiger partial charge in [-0.3, -0.25) is 4.40 Å². The summed E-state index contributed by atoms with van der Waals surface area (Å²) in [6.45, 7) is 3.04. The van der Waals surface area contributed by atoms with Crippen LogP contribution in [-0.4, -0.2) is 14.5 Å². The average Bonchev–Trinajstić information content (AvgIpc) is 3.12. The van der Waals surface area contributed by atoms with E-state index >= 15 is 0 Å². The van der Waals surface area contributed by atoms with Crippen LogP contribution in [0.3, 0.4) is 0 Å². The minimum atomic E-state index is -1.33. The Labute approximate surface area is 166 Å². The second-order valence-corrected chi connectivity index (χ2v) is 7.32. The predicted molar refractivity (Wildman–Crippen MR) is 106 cm³/mol.